The Bertz CT molecular complexity index is 689. The zero-order valence-corrected chi connectivity index (χ0v) is 13.0. The van der Waals surface area contributed by atoms with E-state index >= 15 is 0 Å². The molecule has 0 unspecified atom stereocenters. The van der Waals surface area contributed by atoms with Crippen LogP contribution >= 0.6 is 0 Å². The molecule has 2 aromatic rings. The smallest absolute Gasteiger partial charge is 0.142 e. The molecule has 0 saturated carbocycles. The molecular formula is C19H21N3. The highest BCUT2D eigenvalue weighted by atomic mass is 15.2. The van der Waals surface area contributed by atoms with Crippen molar-refractivity contribution < 1.29 is 0 Å². The van der Waals surface area contributed by atoms with E-state index in [-0.39, 0.29) is 0 Å². The van der Waals surface area contributed by atoms with Crippen molar-refractivity contribution in [2.75, 3.05) is 6.54 Å². The molecule has 3 rings (SSSR count). The Morgan fingerprint density at radius 3 is 2.73 bits per heavy atom. The van der Waals surface area contributed by atoms with E-state index in [0.29, 0.717) is 0 Å². The summed E-state index contributed by atoms with van der Waals surface area (Å²) >= 11 is 0. The van der Waals surface area contributed by atoms with E-state index < -0.39 is 0 Å². The Morgan fingerprint density at radius 2 is 1.95 bits per heavy atom. The van der Waals surface area contributed by atoms with E-state index in [2.05, 4.69) is 35.5 Å². The van der Waals surface area contributed by atoms with E-state index in [1.54, 1.807) is 6.20 Å². The van der Waals surface area contributed by atoms with Crippen LogP contribution in [-0.2, 0) is 0 Å². The van der Waals surface area contributed by atoms with Gasteiger partial charge in [-0.25, -0.2) is 4.99 Å². The summed E-state index contributed by atoms with van der Waals surface area (Å²) in [6.07, 6.45) is 7.21. The standard InChI is InChI=1S/C19H21N3/c1-3-4-7-13-22-15(2)17-10-5-6-11-18(17)21-19(22)16-9-8-12-20-14-16/h5-6,8-12,14H,2-4,7,13H2,1H3. The molecule has 0 spiro atoms. The van der Waals surface area contributed by atoms with Gasteiger partial charge in [0.05, 0.1) is 5.69 Å². The molecule has 2 heterocycles. The maximum Gasteiger partial charge on any atom is 0.142 e. The Labute approximate surface area is 132 Å². The molecule has 0 fully saturated rings. The van der Waals surface area contributed by atoms with E-state index in [0.717, 1.165) is 41.3 Å². The minimum absolute atomic E-state index is 0.939. The molecule has 1 aliphatic rings. The predicted molar refractivity (Wildman–Crippen MR) is 92.1 cm³/mol. The summed E-state index contributed by atoms with van der Waals surface area (Å²) in [4.78, 5) is 11.3. The third-order valence-corrected chi connectivity index (χ3v) is 3.93. The first-order valence-electron chi connectivity index (χ1n) is 7.86. The van der Waals surface area contributed by atoms with E-state index in [9.17, 15) is 0 Å². The van der Waals surface area contributed by atoms with Gasteiger partial charge in [0, 0.05) is 35.8 Å². The van der Waals surface area contributed by atoms with Gasteiger partial charge in [0.2, 0.25) is 0 Å². The molecule has 0 bridgehead atoms. The first-order valence-corrected chi connectivity index (χ1v) is 7.86. The lowest BCUT2D eigenvalue weighted by atomic mass is 10.0. The summed E-state index contributed by atoms with van der Waals surface area (Å²) in [6.45, 7) is 7.47. The molecule has 3 heteroatoms. The zero-order valence-electron chi connectivity index (χ0n) is 13.0. The average molecular weight is 291 g/mol. The van der Waals surface area contributed by atoms with E-state index in [4.69, 9.17) is 4.99 Å². The summed E-state index contributed by atoms with van der Waals surface area (Å²) < 4.78 is 0. The number of aliphatic imine (C=N–C) groups is 1. The quantitative estimate of drug-likeness (QED) is 0.751. The van der Waals surface area contributed by atoms with Crippen molar-refractivity contribution in [1.29, 1.82) is 0 Å². The number of fused-ring (bicyclic) bond motifs is 1. The Kier molecular flexibility index (Phi) is 4.33. The van der Waals surface area contributed by atoms with Gasteiger partial charge in [0.25, 0.3) is 0 Å². The second kappa shape index (κ2) is 6.56. The summed E-state index contributed by atoms with van der Waals surface area (Å²) in [5.74, 6) is 0.952. The molecule has 0 atom stereocenters. The molecule has 0 amide bonds. The van der Waals surface area contributed by atoms with Crippen LogP contribution in [0.15, 0.2) is 60.4 Å². The van der Waals surface area contributed by atoms with Crippen LogP contribution in [0.5, 0.6) is 0 Å². The number of nitrogens with zero attached hydrogens (tertiary/aromatic N) is 3. The maximum atomic E-state index is 4.87. The minimum atomic E-state index is 0.939. The predicted octanol–water partition coefficient (Wildman–Crippen LogP) is 4.64. The number of hydrogen-bond acceptors (Lipinski definition) is 3. The molecule has 3 nitrogen and oxygen atoms in total. The zero-order chi connectivity index (χ0) is 15.4. The van der Waals surface area contributed by atoms with Gasteiger partial charge in [0.1, 0.15) is 5.84 Å². The van der Waals surface area contributed by atoms with Crippen molar-refractivity contribution in [3.8, 4) is 0 Å². The van der Waals surface area contributed by atoms with Crippen LogP contribution in [0.3, 0.4) is 0 Å². The van der Waals surface area contributed by atoms with Crippen molar-refractivity contribution in [1.82, 2.24) is 9.88 Å². The highest BCUT2D eigenvalue weighted by Gasteiger charge is 2.24. The highest BCUT2D eigenvalue weighted by Crippen LogP contribution is 2.34. The van der Waals surface area contributed by atoms with Crippen molar-refractivity contribution in [2.24, 2.45) is 4.99 Å². The molecule has 1 aromatic carbocycles. The average Bonchev–Trinajstić information content (AvgIpc) is 2.57. The van der Waals surface area contributed by atoms with Gasteiger partial charge >= 0.3 is 0 Å². The first-order chi connectivity index (χ1) is 10.8. The largest absolute Gasteiger partial charge is 0.326 e. The number of aromatic nitrogens is 1. The van der Waals surface area contributed by atoms with Gasteiger partial charge in [-0.3, -0.25) is 4.98 Å². The molecule has 0 saturated heterocycles. The maximum absolute atomic E-state index is 4.87. The summed E-state index contributed by atoms with van der Waals surface area (Å²) in [5.41, 5.74) is 4.17. The number of benzene rings is 1. The van der Waals surface area contributed by atoms with Gasteiger partial charge in [0.15, 0.2) is 0 Å². The number of para-hydroxylation sites is 1. The van der Waals surface area contributed by atoms with Crippen LogP contribution in [0.2, 0.25) is 0 Å². The van der Waals surface area contributed by atoms with Gasteiger partial charge < -0.3 is 4.90 Å². The minimum Gasteiger partial charge on any atom is -0.326 e. The lowest BCUT2D eigenvalue weighted by Gasteiger charge is -2.32. The molecule has 0 N–H and O–H groups in total. The number of hydrogen-bond donors (Lipinski definition) is 0. The van der Waals surface area contributed by atoms with Crippen LogP contribution in [0.4, 0.5) is 5.69 Å². The van der Waals surface area contributed by atoms with Crippen molar-refractivity contribution in [2.45, 2.75) is 26.2 Å². The molecular weight excluding hydrogens is 270 g/mol. The Hall–Kier alpha value is -2.42. The lowest BCUT2D eigenvalue weighted by Crippen LogP contribution is -2.33. The molecule has 0 aliphatic carbocycles. The van der Waals surface area contributed by atoms with Crippen molar-refractivity contribution in [3.63, 3.8) is 0 Å². The molecule has 1 aromatic heterocycles. The van der Waals surface area contributed by atoms with E-state index in [1.165, 1.54) is 12.8 Å². The summed E-state index contributed by atoms with van der Waals surface area (Å²) in [6, 6.07) is 12.2. The van der Waals surface area contributed by atoms with E-state index in [1.807, 2.05) is 30.5 Å². The molecule has 1 aliphatic heterocycles. The Morgan fingerprint density at radius 1 is 1.09 bits per heavy atom. The van der Waals surface area contributed by atoms with Crippen LogP contribution in [0.1, 0.15) is 37.3 Å². The normalized spacial score (nSPS) is 13.8. The lowest BCUT2D eigenvalue weighted by molar-refractivity contribution is 0.532. The van der Waals surface area contributed by atoms with Gasteiger partial charge in [-0.1, -0.05) is 44.5 Å². The van der Waals surface area contributed by atoms with Crippen LogP contribution in [0, 0.1) is 0 Å². The van der Waals surface area contributed by atoms with Gasteiger partial charge in [-0.2, -0.15) is 0 Å². The molecule has 22 heavy (non-hydrogen) atoms. The van der Waals surface area contributed by atoms with Gasteiger partial charge in [-0.05, 0) is 24.6 Å². The van der Waals surface area contributed by atoms with Crippen molar-refractivity contribution in [3.05, 3.63) is 66.5 Å². The first kappa shape index (κ1) is 14.5. The SMILES string of the molecule is C=C1c2ccccc2N=C(c2cccnc2)N1CCCCC. The number of unbranched alkanes of at least 4 members (excludes halogenated alkanes) is 2. The van der Waals surface area contributed by atoms with Crippen LogP contribution in [-0.4, -0.2) is 22.3 Å². The number of rotatable bonds is 5. The fourth-order valence-corrected chi connectivity index (χ4v) is 2.74. The second-order valence-electron chi connectivity index (χ2n) is 5.50. The van der Waals surface area contributed by atoms with Crippen LogP contribution < -0.4 is 0 Å². The second-order valence-corrected chi connectivity index (χ2v) is 5.50. The van der Waals surface area contributed by atoms with Gasteiger partial charge in [-0.15, -0.1) is 0 Å². The summed E-state index contributed by atoms with van der Waals surface area (Å²) in [5, 5.41) is 0. The molecule has 112 valence electrons. The summed E-state index contributed by atoms with van der Waals surface area (Å²) in [7, 11) is 0. The fourth-order valence-electron chi connectivity index (χ4n) is 2.74. The monoisotopic (exact) mass is 291 g/mol. The fraction of sp³-hybridized carbons (Fsp3) is 0.263. The number of pyridine rings is 1. The third-order valence-electron chi connectivity index (χ3n) is 3.93. The van der Waals surface area contributed by atoms with Crippen molar-refractivity contribution >= 4 is 17.2 Å². The Balaban J connectivity index is 2.01. The topological polar surface area (TPSA) is 28.5 Å². The highest BCUT2D eigenvalue weighted by molar-refractivity contribution is 6.07. The third kappa shape index (κ3) is 2.80. The molecule has 0 radical (unpaired) electrons. The van der Waals surface area contributed by atoms with Crippen LogP contribution in [0.25, 0.3) is 5.70 Å². The number of amidine groups is 1.